The molecule has 0 aromatic heterocycles. The van der Waals surface area contributed by atoms with E-state index < -0.39 is 5.91 Å². The molecular weight excluding hydrogens is 284 g/mol. The van der Waals surface area contributed by atoms with Gasteiger partial charge in [-0.05, 0) is 12.8 Å². The summed E-state index contributed by atoms with van der Waals surface area (Å²) in [5, 5.41) is 17.0. The number of carbonyl (C=O) groups is 2. The van der Waals surface area contributed by atoms with Crippen molar-refractivity contribution in [3.05, 3.63) is 11.8 Å². The van der Waals surface area contributed by atoms with E-state index in [4.69, 9.17) is 10.00 Å². The molecule has 0 atom stereocenters. The lowest BCUT2D eigenvalue weighted by Gasteiger charge is -2.06. The molecule has 7 heteroatoms. The highest BCUT2D eigenvalue weighted by Gasteiger charge is 2.07. The van der Waals surface area contributed by atoms with Gasteiger partial charge in [-0.1, -0.05) is 13.3 Å². The van der Waals surface area contributed by atoms with E-state index in [9.17, 15) is 9.59 Å². The van der Waals surface area contributed by atoms with E-state index in [0.717, 1.165) is 19.4 Å². The van der Waals surface area contributed by atoms with E-state index in [1.165, 1.54) is 13.1 Å². The Morgan fingerprint density at radius 1 is 1.14 bits per heavy atom. The van der Waals surface area contributed by atoms with Crippen molar-refractivity contribution in [3.8, 4) is 6.07 Å². The number of ether oxygens (including phenoxy) is 1. The first kappa shape index (κ1) is 19.9. The highest BCUT2D eigenvalue weighted by molar-refractivity contribution is 5.97. The molecule has 0 saturated heterocycles. The lowest BCUT2D eigenvalue weighted by molar-refractivity contribution is -0.119. The van der Waals surface area contributed by atoms with Crippen molar-refractivity contribution in [2.45, 2.75) is 33.1 Å². The average molecular weight is 310 g/mol. The van der Waals surface area contributed by atoms with Crippen LogP contribution in [0.4, 0.5) is 0 Å². The van der Waals surface area contributed by atoms with E-state index >= 15 is 0 Å². The third kappa shape index (κ3) is 11.7. The summed E-state index contributed by atoms with van der Waals surface area (Å²) >= 11 is 0. The number of amides is 2. The van der Waals surface area contributed by atoms with Crippen LogP contribution in [0.3, 0.4) is 0 Å². The number of nitrogens with one attached hydrogen (secondary N) is 3. The fraction of sp³-hybridized carbons (Fsp3) is 0.667. The van der Waals surface area contributed by atoms with Gasteiger partial charge in [-0.25, -0.2) is 0 Å². The zero-order valence-corrected chi connectivity index (χ0v) is 13.4. The summed E-state index contributed by atoms with van der Waals surface area (Å²) in [4.78, 5) is 22.4. The van der Waals surface area contributed by atoms with Gasteiger partial charge < -0.3 is 20.7 Å². The molecule has 0 unspecified atom stereocenters. The molecule has 0 aromatic carbocycles. The van der Waals surface area contributed by atoms with Gasteiger partial charge >= 0.3 is 0 Å². The second kappa shape index (κ2) is 13.9. The Bertz CT molecular complexity index is 402. The summed E-state index contributed by atoms with van der Waals surface area (Å²) in [7, 11) is 0. The van der Waals surface area contributed by atoms with Crippen LogP contribution < -0.4 is 16.0 Å². The van der Waals surface area contributed by atoms with Crippen LogP contribution in [-0.4, -0.2) is 44.7 Å². The Labute approximate surface area is 132 Å². The first-order chi connectivity index (χ1) is 10.6. The molecule has 0 heterocycles. The molecule has 0 aliphatic rings. The van der Waals surface area contributed by atoms with Gasteiger partial charge in [-0.15, -0.1) is 0 Å². The third-order valence-electron chi connectivity index (χ3n) is 2.65. The predicted molar refractivity (Wildman–Crippen MR) is 83.7 cm³/mol. The zero-order valence-electron chi connectivity index (χ0n) is 13.4. The molecule has 3 N–H and O–H groups in total. The van der Waals surface area contributed by atoms with Crippen molar-refractivity contribution in [2.75, 3.05) is 32.8 Å². The highest BCUT2D eigenvalue weighted by atomic mass is 16.5. The van der Waals surface area contributed by atoms with Crippen molar-refractivity contribution in [3.63, 3.8) is 0 Å². The van der Waals surface area contributed by atoms with Crippen LogP contribution in [0.1, 0.15) is 33.1 Å². The van der Waals surface area contributed by atoms with E-state index in [1.807, 2.05) is 6.07 Å². The summed E-state index contributed by atoms with van der Waals surface area (Å²) in [6.45, 7) is 6.22. The lowest BCUT2D eigenvalue weighted by Crippen LogP contribution is -2.30. The lowest BCUT2D eigenvalue weighted by atomic mass is 10.3. The predicted octanol–water partition coefficient (Wildman–Crippen LogP) is 0.443. The smallest absolute Gasteiger partial charge is 0.263 e. The van der Waals surface area contributed by atoms with Crippen LogP contribution in [0, 0.1) is 11.3 Å². The van der Waals surface area contributed by atoms with Crippen molar-refractivity contribution in [1.29, 1.82) is 5.26 Å². The Kier molecular flexibility index (Phi) is 12.6. The number of nitriles is 1. The quantitative estimate of drug-likeness (QED) is 0.276. The molecular formula is C15H26N4O3. The van der Waals surface area contributed by atoms with Gasteiger partial charge in [0.2, 0.25) is 5.91 Å². The fourth-order valence-corrected chi connectivity index (χ4v) is 1.45. The first-order valence-electron chi connectivity index (χ1n) is 7.55. The highest BCUT2D eigenvalue weighted by Crippen LogP contribution is 1.92. The monoisotopic (exact) mass is 310 g/mol. The number of carbonyl (C=O) groups excluding carboxylic acids is 2. The molecule has 7 nitrogen and oxygen atoms in total. The van der Waals surface area contributed by atoms with E-state index in [1.54, 1.807) is 0 Å². The van der Waals surface area contributed by atoms with Crippen LogP contribution in [0.2, 0.25) is 0 Å². The summed E-state index contributed by atoms with van der Waals surface area (Å²) in [5.41, 5.74) is 0.00901. The third-order valence-corrected chi connectivity index (χ3v) is 2.65. The molecule has 0 fully saturated rings. The number of rotatable bonds is 12. The SMILES string of the molecule is CCCCOCCCNC(=O)/C(C#N)=C\NCCNC(C)=O. The van der Waals surface area contributed by atoms with Crippen molar-refractivity contribution in [1.82, 2.24) is 16.0 Å². The van der Waals surface area contributed by atoms with Gasteiger partial charge in [0, 0.05) is 46.0 Å². The zero-order chi connectivity index (χ0) is 16.6. The molecule has 0 rings (SSSR count). The largest absolute Gasteiger partial charge is 0.388 e. The Morgan fingerprint density at radius 2 is 1.86 bits per heavy atom. The summed E-state index contributed by atoms with van der Waals surface area (Å²) in [6, 6.07) is 1.84. The molecule has 0 spiro atoms. The molecule has 124 valence electrons. The van der Waals surface area contributed by atoms with Crippen LogP contribution in [-0.2, 0) is 14.3 Å². The second-order valence-electron chi connectivity index (χ2n) is 4.68. The molecule has 0 bridgehead atoms. The Morgan fingerprint density at radius 3 is 2.50 bits per heavy atom. The first-order valence-corrected chi connectivity index (χ1v) is 7.55. The number of nitrogens with zero attached hydrogens (tertiary/aromatic N) is 1. The van der Waals surface area contributed by atoms with E-state index in [-0.39, 0.29) is 11.5 Å². The van der Waals surface area contributed by atoms with E-state index in [2.05, 4.69) is 22.9 Å². The second-order valence-corrected chi connectivity index (χ2v) is 4.68. The van der Waals surface area contributed by atoms with Gasteiger partial charge in [-0.2, -0.15) is 5.26 Å². The van der Waals surface area contributed by atoms with Crippen LogP contribution in [0.25, 0.3) is 0 Å². The number of unbranched alkanes of at least 4 members (excludes halogenated alkanes) is 1. The summed E-state index contributed by atoms with van der Waals surface area (Å²) in [6.07, 6.45) is 4.21. The van der Waals surface area contributed by atoms with Gasteiger partial charge in [0.1, 0.15) is 11.6 Å². The maximum atomic E-state index is 11.7. The van der Waals surface area contributed by atoms with Crippen molar-refractivity contribution < 1.29 is 14.3 Å². The van der Waals surface area contributed by atoms with Gasteiger partial charge in [0.05, 0.1) is 0 Å². The molecule has 22 heavy (non-hydrogen) atoms. The van der Waals surface area contributed by atoms with Crippen LogP contribution in [0.15, 0.2) is 11.8 Å². The standard InChI is InChI=1S/C15H26N4O3/c1-3-4-9-22-10-5-6-19-15(21)14(11-16)12-17-7-8-18-13(2)20/h12,17H,3-10H2,1-2H3,(H,18,20)(H,19,21)/b14-12-. The van der Waals surface area contributed by atoms with E-state index in [0.29, 0.717) is 32.7 Å². The maximum absolute atomic E-state index is 11.7. The fourth-order valence-electron chi connectivity index (χ4n) is 1.45. The van der Waals surface area contributed by atoms with Crippen LogP contribution in [0.5, 0.6) is 0 Å². The number of hydrogen-bond acceptors (Lipinski definition) is 5. The minimum Gasteiger partial charge on any atom is -0.388 e. The molecule has 0 radical (unpaired) electrons. The topological polar surface area (TPSA) is 103 Å². The van der Waals surface area contributed by atoms with Crippen LogP contribution >= 0.6 is 0 Å². The molecule has 0 aliphatic carbocycles. The minimum absolute atomic E-state index is 0.00901. The minimum atomic E-state index is -0.414. The summed E-state index contributed by atoms with van der Waals surface area (Å²) in [5.74, 6) is -0.534. The molecule has 2 amide bonds. The molecule has 0 aliphatic heterocycles. The average Bonchev–Trinajstić information content (AvgIpc) is 2.49. The number of hydrogen-bond donors (Lipinski definition) is 3. The van der Waals surface area contributed by atoms with Crippen molar-refractivity contribution in [2.24, 2.45) is 0 Å². The molecule has 0 saturated carbocycles. The van der Waals surface area contributed by atoms with Gasteiger partial charge in [-0.3, -0.25) is 9.59 Å². The molecule has 0 aromatic rings. The van der Waals surface area contributed by atoms with Gasteiger partial charge in [0.15, 0.2) is 0 Å². The van der Waals surface area contributed by atoms with Crippen molar-refractivity contribution >= 4 is 11.8 Å². The van der Waals surface area contributed by atoms with Gasteiger partial charge in [0.25, 0.3) is 5.91 Å². The summed E-state index contributed by atoms with van der Waals surface area (Å²) < 4.78 is 5.38. The maximum Gasteiger partial charge on any atom is 0.263 e. The normalized spacial score (nSPS) is 10.7. The Balaban J connectivity index is 3.80. The Hall–Kier alpha value is -2.07.